The molecule has 0 unspecified atom stereocenters. The summed E-state index contributed by atoms with van der Waals surface area (Å²) in [5.41, 5.74) is 2.05. The minimum atomic E-state index is -3.86. The largest absolute Gasteiger partial charge is 0.354 e. The van der Waals surface area contributed by atoms with E-state index in [4.69, 9.17) is 23.2 Å². The van der Waals surface area contributed by atoms with Gasteiger partial charge in [-0.15, -0.1) is 0 Å². The second kappa shape index (κ2) is 11.9. The van der Waals surface area contributed by atoms with Gasteiger partial charge in [-0.2, -0.15) is 0 Å². The number of anilines is 1. The summed E-state index contributed by atoms with van der Waals surface area (Å²) < 4.78 is 26.1. The highest BCUT2D eigenvalue weighted by Gasteiger charge is 2.30. The molecule has 186 valence electrons. The second-order valence-corrected chi connectivity index (χ2v) is 11.5. The molecule has 0 bridgehead atoms. The molecule has 1 atom stereocenters. The van der Waals surface area contributed by atoms with Crippen LogP contribution in [-0.2, 0) is 26.2 Å². The zero-order chi connectivity index (χ0) is 25.6. The molecule has 0 aliphatic rings. The van der Waals surface area contributed by atoms with E-state index in [1.807, 2.05) is 45.0 Å². The summed E-state index contributed by atoms with van der Waals surface area (Å²) in [6.45, 7) is 7.62. The molecule has 34 heavy (non-hydrogen) atoms. The number of amides is 2. The minimum absolute atomic E-state index is 0.142. The lowest BCUT2D eigenvalue weighted by Crippen LogP contribution is -2.51. The van der Waals surface area contributed by atoms with Gasteiger partial charge in [0.1, 0.15) is 12.6 Å². The van der Waals surface area contributed by atoms with E-state index in [0.717, 1.165) is 21.7 Å². The zero-order valence-corrected chi connectivity index (χ0v) is 22.3. The van der Waals surface area contributed by atoms with Gasteiger partial charge in [-0.3, -0.25) is 13.9 Å². The van der Waals surface area contributed by atoms with E-state index in [1.54, 1.807) is 6.92 Å². The molecule has 0 radical (unpaired) electrons. The Hall–Kier alpha value is -2.29. The Kier molecular flexibility index (Phi) is 9.79. The topological polar surface area (TPSA) is 86.8 Å². The predicted octanol–water partition coefficient (Wildman–Crippen LogP) is 4.26. The average molecular weight is 529 g/mol. The van der Waals surface area contributed by atoms with Crippen molar-refractivity contribution < 1.29 is 18.0 Å². The van der Waals surface area contributed by atoms with Gasteiger partial charge in [0.25, 0.3) is 0 Å². The van der Waals surface area contributed by atoms with Crippen LogP contribution in [0.15, 0.2) is 42.5 Å². The monoisotopic (exact) mass is 527 g/mol. The van der Waals surface area contributed by atoms with Crippen LogP contribution < -0.4 is 9.62 Å². The van der Waals surface area contributed by atoms with Crippen molar-refractivity contribution in [2.45, 2.75) is 40.3 Å². The molecule has 0 saturated heterocycles. The highest BCUT2D eigenvalue weighted by Crippen LogP contribution is 2.27. The first-order chi connectivity index (χ1) is 15.8. The van der Waals surface area contributed by atoms with Gasteiger partial charge in [-0.1, -0.05) is 66.9 Å². The van der Waals surface area contributed by atoms with Crippen LogP contribution in [0.1, 0.15) is 31.9 Å². The molecule has 0 aromatic heterocycles. The van der Waals surface area contributed by atoms with Gasteiger partial charge in [0, 0.05) is 23.1 Å². The maximum atomic E-state index is 13.5. The third kappa shape index (κ3) is 8.18. The minimum Gasteiger partial charge on any atom is -0.354 e. The van der Waals surface area contributed by atoms with Crippen molar-refractivity contribution >= 4 is 50.7 Å². The average Bonchev–Trinajstić information content (AvgIpc) is 2.73. The molecular formula is C24H31Cl2N3O4S. The van der Waals surface area contributed by atoms with Gasteiger partial charge in [0.2, 0.25) is 21.8 Å². The van der Waals surface area contributed by atoms with Crippen molar-refractivity contribution in [2.75, 3.05) is 23.7 Å². The molecule has 0 aliphatic carbocycles. The molecule has 0 aliphatic heterocycles. The Morgan fingerprint density at radius 3 is 2.06 bits per heavy atom. The van der Waals surface area contributed by atoms with Crippen LogP contribution in [-0.4, -0.2) is 50.5 Å². The van der Waals surface area contributed by atoms with Gasteiger partial charge >= 0.3 is 0 Å². The summed E-state index contributed by atoms with van der Waals surface area (Å²) >= 11 is 12.1. The van der Waals surface area contributed by atoms with Gasteiger partial charge in [-0.05, 0) is 43.5 Å². The molecule has 2 aromatic rings. The van der Waals surface area contributed by atoms with Crippen molar-refractivity contribution in [1.29, 1.82) is 0 Å². The molecule has 2 rings (SSSR count). The number of benzene rings is 2. The third-order valence-corrected chi connectivity index (χ3v) is 6.72. The van der Waals surface area contributed by atoms with E-state index in [2.05, 4.69) is 5.32 Å². The molecule has 10 heteroatoms. The van der Waals surface area contributed by atoms with Crippen molar-refractivity contribution in [3.8, 4) is 0 Å². The SMILES string of the molecule is Cc1ccc(CN(C(=O)CN(c2cc(Cl)cc(Cl)c2)S(C)(=O)=O)[C@@H](C)C(=O)NCC(C)C)cc1. The predicted molar refractivity (Wildman–Crippen MR) is 138 cm³/mol. The second-order valence-electron chi connectivity index (χ2n) is 8.72. The number of hydrogen-bond acceptors (Lipinski definition) is 4. The van der Waals surface area contributed by atoms with Gasteiger partial charge in [0.05, 0.1) is 11.9 Å². The number of carbonyl (C=O) groups excluding carboxylic acids is 2. The van der Waals surface area contributed by atoms with Crippen LogP contribution >= 0.6 is 23.2 Å². The molecule has 2 amide bonds. The van der Waals surface area contributed by atoms with Crippen LogP contribution in [0.4, 0.5) is 5.69 Å². The summed E-state index contributed by atoms with van der Waals surface area (Å²) in [6, 6.07) is 11.1. The molecule has 0 spiro atoms. The summed E-state index contributed by atoms with van der Waals surface area (Å²) in [7, 11) is -3.86. The van der Waals surface area contributed by atoms with Crippen molar-refractivity contribution in [3.05, 3.63) is 63.6 Å². The summed E-state index contributed by atoms with van der Waals surface area (Å²) in [4.78, 5) is 27.7. The Morgan fingerprint density at radius 2 is 1.56 bits per heavy atom. The molecular weight excluding hydrogens is 497 g/mol. The Labute approximate surface area is 212 Å². The van der Waals surface area contributed by atoms with E-state index in [9.17, 15) is 18.0 Å². The molecule has 7 nitrogen and oxygen atoms in total. The van der Waals surface area contributed by atoms with E-state index < -0.39 is 28.5 Å². The van der Waals surface area contributed by atoms with Crippen molar-refractivity contribution in [2.24, 2.45) is 5.92 Å². The molecule has 0 heterocycles. The number of aryl methyl sites for hydroxylation is 1. The molecule has 1 N–H and O–H groups in total. The molecule has 2 aromatic carbocycles. The maximum Gasteiger partial charge on any atom is 0.244 e. The van der Waals surface area contributed by atoms with E-state index in [-0.39, 0.29) is 34.1 Å². The highest BCUT2D eigenvalue weighted by atomic mass is 35.5. The zero-order valence-electron chi connectivity index (χ0n) is 20.0. The molecule has 0 saturated carbocycles. The smallest absolute Gasteiger partial charge is 0.244 e. The fourth-order valence-electron chi connectivity index (χ4n) is 3.22. The lowest BCUT2D eigenvalue weighted by atomic mass is 10.1. The highest BCUT2D eigenvalue weighted by molar-refractivity contribution is 7.92. The number of nitrogens with one attached hydrogen (secondary N) is 1. The standard InChI is InChI=1S/C24H31Cl2N3O4S/c1-16(2)13-27-24(31)18(4)28(14-19-8-6-17(3)7-9-19)23(30)15-29(34(5,32)33)22-11-20(25)10-21(26)12-22/h6-12,16,18H,13-15H2,1-5H3,(H,27,31)/t18-/m0/s1. The summed E-state index contributed by atoms with van der Waals surface area (Å²) in [5.74, 6) is -0.606. The van der Waals surface area contributed by atoms with Crippen LogP contribution in [0.25, 0.3) is 0 Å². The van der Waals surface area contributed by atoms with Gasteiger partial charge in [0.15, 0.2) is 0 Å². The number of carbonyl (C=O) groups is 2. The fourth-order valence-corrected chi connectivity index (χ4v) is 4.57. The van der Waals surface area contributed by atoms with E-state index in [1.165, 1.54) is 23.1 Å². The normalized spacial score (nSPS) is 12.4. The number of rotatable bonds is 10. The molecule has 0 fully saturated rings. The fraction of sp³-hybridized carbons (Fsp3) is 0.417. The van der Waals surface area contributed by atoms with E-state index in [0.29, 0.717) is 6.54 Å². The lowest BCUT2D eigenvalue weighted by Gasteiger charge is -2.31. The third-order valence-electron chi connectivity index (χ3n) is 5.14. The van der Waals surface area contributed by atoms with E-state index >= 15 is 0 Å². The maximum absolute atomic E-state index is 13.5. The Bertz CT molecular complexity index is 1100. The quantitative estimate of drug-likeness (QED) is 0.500. The van der Waals surface area contributed by atoms with Crippen LogP contribution in [0.3, 0.4) is 0 Å². The van der Waals surface area contributed by atoms with Crippen molar-refractivity contribution in [1.82, 2.24) is 10.2 Å². The van der Waals surface area contributed by atoms with Gasteiger partial charge < -0.3 is 10.2 Å². The number of halogens is 2. The first kappa shape index (κ1) is 28.0. The first-order valence-corrected chi connectivity index (χ1v) is 13.4. The van der Waals surface area contributed by atoms with Crippen LogP contribution in [0.2, 0.25) is 10.0 Å². The summed E-state index contributed by atoms with van der Waals surface area (Å²) in [5, 5.41) is 3.32. The number of hydrogen-bond donors (Lipinski definition) is 1. The Balaban J connectivity index is 2.39. The Morgan fingerprint density at radius 1 is 1.00 bits per heavy atom. The van der Waals surface area contributed by atoms with Crippen LogP contribution in [0, 0.1) is 12.8 Å². The number of nitrogens with zero attached hydrogens (tertiary/aromatic N) is 2. The van der Waals surface area contributed by atoms with Crippen molar-refractivity contribution in [3.63, 3.8) is 0 Å². The van der Waals surface area contributed by atoms with Crippen LogP contribution in [0.5, 0.6) is 0 Å². The lowest BCUT2D eigenvalue weighted by molar-refractivity contribution is -0.139. The van der Waals surface area contributed by atoms with Gasteiger partial charge in [-0.25, -0.2) is 8.42 Å². The number of sulfonamides is 1. The first-order valence-electron chi connectivity index (χ1n) is 10.8. The summed E-state index contributed by atoms with van der Waals surface area (Å²) in [6.07, 6.45) is 0.998.